The van der Waals surface area contributed by atoms with Crippen LogP contribution in [0.1, 0.15) is 28.8 Å². The molecule has 1 saturated heterocycles. The van der Waals surface area contributed by atoms with Gasteiger partial charge in [0.2, 0.25) is 0 Å². The van der Waals surface area contributed by atoms with Gasteiger partial charge in [-0.05, 0) is 61.3 Å². The standard InChI is InChI=1S/C21H30N4S.HI/c1-17-6-3-4-7-19(17)15-24-21(22-2)23-14-18-9-11-25(12-10-18)16-20-8-5-13-26-20;/h3-8,13,18H,9-12,14-16H2,1-2H3,(H2,22,23,24);1H. The number of benzene rings is 1. The van der Waals surface area contributed by atoms with E-state index in [2.05, 4.69) is 69.2 Å². The zero-order valence-electron chi connectivity index (χ0n) is 16.3. The second kappa shape index (κ2) is 11.7. The smallest absolute Gasteiger partial charge is 0.191 e. The van der Waals surface area contributed by atoms with Crippen LogP contribution in [0.25, 0.3) is 0 Å². The molecule has 1 fully saturated rings. The Morgan fingerprint density at radius 3 is 2.59 bits per heavy atom. The van der Waals surface area contributed by atoms with Crippen molar-refractivity contribution in [1.82, 2.24) is 15.5 Å². The topological polar surface area (TPSA) is 39.7 Å². The Balaban J connectivity index is 0.00000261. The SMILES string of the molecule is CN=C(NCc1ccccc1C)NCC1CCN(Cc2cccs2)CC1.I. The lowest BCUT2D eigenvalue weighted by molar-refractivity contribution is 0.179. The summed E-state index contributed by atoms with van der Waals surface area (Å²) in [4.78, 5) is 8.42. The minimum absolute atomic E-state index is 0. The number of guanidine groups is 1. The first-order valence-corrected chi connectivity index (χ1v) is 10.4. The van der Waals surface area contributed by atoms with Crippen LogP contribution in [0.2, 0.25) is 0 Å². The molecule has 1 aromatic heterocycles. The summed E-state index contributed by atoms with van der Waals surface area (Å²) >= 11 is 1.86. The van der Waals surface area contributed by atoms with E-state index < -0.39 is 0 Å². The number of nitrogens with one attached hydrogen (secondary N) is 2. The fourth-order valence-electron chi connectivity index (χ4n) is 3.42. The maximum absolute atomic E-state index is 4.37. The second-order valence-corrected chi connectivity index (χ2v) is 8.06. The van der Waals surface area contributed by atoms with Crippen molar-refractivity contribution in [2.75, 3.05) is 26.7 Å². The number of aryl methyl sites for hydroxylation is 1. The van der Waals surface area contributed by atoms with Crippen molar-refractivity contribution in [3.8, 4) is 0 Å². The van der Waals surface area contributed by atoms with Crippen molar-refractivity contribution < 1.29 is 0 Å². The lowest BCUT2D eigenvalue weighted by Crippen LogP contribution is -2.42. The molecular formula is C21H31IN4S. The molecule has 2 aromatic rings. The number of piperidine rings is 1. The summed E-state index contributed by atoms with van der Waals surface area (Å²) in [5, 5.41) is 9.11. The van der Waals surface area contributed by atoms with Crippen LogP contribution in [-0.2, 0) is 13.1 Å². The van der Waals surface area contributed by atoms with E-state index in [1.54, 1.807) is 0 Å². The van der Waals surface area contributed by atoms with Gasteiger partial charge in [0, 0.05) is 31.6 Å². The highest BCUT2D eigenvalue weighted by atomic mass is 127. The Bertz CT molecular complexity index is 694. The molecule has 148 valence electrons. The number of likely N-dealkylation sites (tertiary alicyclic amines) is 1. The molecule has 0 amide bonds. The van der Waals surface area contributed by atoms with Crippen molar-refractivity contribution in [3.63, 3.8) is 0 Å². The van der Waals surface area contributed by atoms with Gasteiger partial charge in [0.15, 0.2) is 5.96 Å². The molecule has 0 aliphatic carbocycles. The van der Waals surface area contributed by atoms with E-state index in [1.165, 1.54) is 41.9 Å². The molecule has 2 heterocycles. The Morgan fingerprint density at radius 2 is 1.93 bits per heavy atom. The van der Waals surface area contributed by atoms with Crippen LogP contribution in [0.15, 0.2) is 46.8 Å². The molecule has 0 atom stereocenters. The van der Waals surface area contributed by atoms with E-state index in [0.29, 0.717) is 0 Å². The third kappa shape index (κ3) is 7.08. The molecule has 0 unspecified atom stereocenters. The first kappa shape index (κ1) is 22.2. The van der Waals surface area contributed by atoms with Crippen molar-refractivity contribution in [1.29, 1.82) is 0 Å². The number of rotatable bonds is 6. The van der Waals surface area contributed by atoms with E-state index in [9.17, 15) is 0 Å². The molecule has 1 aromatic carbocycles. The van der Waals surface area contributed by atoms with Crippen LogP contribution < -0.4 is 10.6 Å². The number of hydrogen-bond acceptors (Lipinski definition) is 3. The van der Waals surface area contributed by atoms with E-state index in [-0.39, 0.29) is 24.0 Å². The maximum Gasteiger partial charge on any atom is 0.191 e. The largest absolute Gasteiger partial charge is 0.356 e. The van der Waals surface area contributed by atoms with Gasteiger partial charge in [-0.2, -0.15) is 0 Å². The number of aliphatic imine (C=N–C) groups is 1. The van der Waals surface area contributed by atoms with Gasteiger partial charge >= 0.3 is 0 Å². The van der Waals surface area contributed by atoms with Crippen LogP contribution >= 0.6 is 35.3 Å². The summed E-state index contributed by atoms with van der Waals surface area (Å²) < 4.78 is 0. The summed E-state index contributed by atoms with van der Waals surface area (Å²) in [5.41, 5.74) is 2.63. The second-order valence-electron chi connectivity index (χ2n) is 7.03. The minimum Gasteiger partial charge on any atom is -0.356 e. The Hall–Kier alpha value is -1.12. The van der Waals surface area contributed by atoms with Gasteiger partial charge in [-0.1, -0.05) is 30.3 Å². The van der Waals surface area contributed by atoms with Gasteiger partial charge in [-0.3, -0.25) is 9.89 Å². The van der Waals surface area contributed by atoms with Gasteiger partial charge in [-0.15, -0.1) is 35.3 Å². The Labute approximate surface area is 184 Å². The number of halogens is 1. The highest BCUT2D eigenvalue weighted by Crippen LogP contribution is 2.20. The molecule has 0 bridgehead atoms. The van der Waals surface area contributed by atoms with E-state index in [1.807, 2.05) is 18.4 Å². The monoisotopic (exact) mass is 498 g/mol. The molecular weight excluding hydrogens is 467 g/mol. The number of thiophene rings is 1. The van der Waals surface area contributed by atoms with E-state index >= 15 is 0 Å². The average molecular weight is 498 g/mol. The quantitative estimate of drug-likeness (QED) is 0.356. The third-order valence-corrected chi connectivity index (χ3v) is 6.02. The normalized spacial score (nSPS) is 16.0. The summed E-state index contributed by atoms with van der Waals surface area (Å²) in [6.45, 7) is 7.46. The van der Waals surface area contributed by atoms with Gasteiger partial charge in [0.05, 0.1) is 0 Å². The summed E-state index contributed by atoms with van der Waals surface area (Å²) in [6, 6.07) is 12.9. The van der Waals surface area contributed by atoms with Crippen LogP contribution in [0, 0.1) is 12.8 Å². The summed E-state index contributed by atoms with van der Waals surface area (Å²) in [5.74, 6) is 1.63. The van der Waals surface area contributed by atoms with Crippen LogP contribution in [0.3, 0.4) is 0 Å². The molecule has 0 saturated carbocycles. The van der Waals surface area contributed by atoms with Gasteiger partial charge < -0.3 is 10.6 Å². The van der Waals surface area contributed by atoms with Crippen molar-refractivity contribution in [3.05, 3.63) is 57.8 Å². The van der Waals surface area contributed by atoms with Crippen LogP contribution in [0.4, 0.5) is 0 Å². The third-order valence-electron chi connectivity index (χ3n) is 5.16. The predicted molar refractivity (Wildman–Crippen MR) is 127 cm³/mol. The molecule has 6 heteroatoms. The average Bonchev–Trinajstić information content (AvgIpc) is 3.17. The van der Waals surface area contributed by atoms with Crippen molar-refractivity contribution >= 4 is 41.3 Å². The number of hydrogen-bond donors (Lipinski definition) is 2. The first-order chi connectivity index (χ1) is 12.7. The zero-order valence-corrected chi connectivity index (χ0v) is 19.4. The molecule has 0 radical (unpaired) electrons. The zero-order chi connectivity index (χ0) is 18.2. The highest BCUT2D eigenvalue weighted by molar-refractivity contribution is 14.0. The number of nitrogens with zero attached hydrogens (tertiary/aromatic N) is 2. The lowest BCUT2D eigenvalue weighted by atomic mass is 9.97. The highest BCUT2D eigenvalue weighted by Gasteiger charge is 2.19. The van der Waals surface area contributed by atoms with Gasteiger partial charge in [-0.25, -0.2) is 0 Å². The molecule has 2 N–H and O–H groups in total. The van der Waals surface area contributed by atoms with Gasteiger partial charge in [0.25, 0.3) is 0 Å². The lowest BCUT2D eigenvalue weighted by Gasteiger charge is -2.32. The van der Waals surface area contributed by atoms with E-state index in [4.69, 9.17) is 0 Å². The Kier molecular flexibility index (Phi) is 9.58. The molecule has 27 heavy (non-hydrogen) atoms. The fourth-order valence-corrected chi connectivity index (χ4v) is 4.17. The molecule has 0 spiro atoms. The first-order valence-electron chi connectivity index (χ1n) is 9.48. The Morgan fingerprint density at radius 1 is 1.15 bits per heavy atom. The van der Waals surface area contributed by atoms with Crippen molar-refractivity contribution in [2.24, 2.45) is 10.9 Å². The van der Waals surface area contributed by atoms with Crippen LogP contribution in [-0.4, -0.2) is 37.5 Å². The minimum atomic E-state index is 0. The van der Waals surface area contributed by atoms with Gasteiger partial charge in [0.1, 0.15) is 0 Å². The molecule has 1 aliphatic heterocycles. The molecule has 1 aliphatic rings. The van der Waals surface area contributed by atoms with Crippen LogP contribution in [0.5, 0.6) is 0 Å². The molecule has 4 nitrogen and oxygen atoms in total. The fraction of sp³-hybridized carbons (Fsp3) is 0.476. The predicted octanol–water partition coefficient (Wildman–Crippen LogP) is 4.25. The maximum atomic E-state index is 4.37. The van der Waals surface area contributed by atoms with E-state index in [0.717, 1.165) is 31.5 Å². The summed E-state index contributed by atoms with van der Waals surface area (Å²) in [6.07, 6.45) is 2.51. The molecule has 3 rings (SSSR count). The summed E-state index contributed by atoms with van der Waals surface area (Å²) in [7, 11) is 1.84. The van der Waals surface area contributed by atoms with Crippen molar-refractivity contribution in [2.45, 2.75) is 32.9 Å².